The van der Waals surface area contributed by atoms with E-state index in [0.29, 0.717) is 42.5 Å². The van der Waals surface area contributed by atoms with Crippen LogP contribution in [0.4, 0.5) is 18.9 Å². The molecule has 3 fully saturated rings. The summed E-state index contributed by atoms with van der Waals surface area (Å²) in [5.74, 6) is 0.696. The Hall–Kier alpha value is -4.76. The molecule has 4 aliphatic rings. The van der Waals surface area contributed by atoms with E-state index in [0.717, 1.165) is 19.4 Å². The maximum Gasteiger partial charge on any atom is 0.225 e. The van der Waals surface area contributed by atoms with Crippen molar-refractivity contribution in [1.82, 2.24) is 20.2 Å². The number of ether oxygens (including phenoxy) is 2. The number of terminal acetylenes is 1. The van der Waals surface area contributed by atoms with Crippen molar-refractivity contribution in [3.63, 3.8) is 0 Å². The summed E-state index contributed by atoms with van der Waals surface area (Å²) in [6, 6.07) is 6.64. The van der Waals surface area contributed by atoms with Gasteiger partial charge in [-0.3, -0.25) is 9.69 Å². The number of halogens is 3. The van der Waals surface area contributed by atoms with Gasteiger partial charge in [-0.2, -0.15) is 0 Å². The molecule has 1 amide bonds. The summed E-state index contributed by atoms with van der Waals surface area (Å²) in [6.07, 6.45) is 6.97. The SMILES string of the molecule is C#Cc1c(F)ccc2cc(O)cc(-c3nc4c5c(cc(OC[C@@]67CCCN6C[C@H](F)C7)nc5c3F)N3CCNC(=O)C[C@H]3CO4)c12. The fraction of sp³-hybridized carbons (Fsp3) is 0.382. The molecule has 0 aliphatic carbocycles. The Morgan fingerprint density at radius 3 is 2.91 bits per heavy atom. The molecule has 12 heteroatoms. The first-order valence-corrected chi connectivity index (χ1v) is 15.4. The van der Waals surface area contributed by atoms with Crippen LogP contribution in [0.15, 0.2) is 30.3 Å². The topological polar surface area (TPSA) is 100 Å². The van der Waals surface area contributed by atoms with Crippen molar-refractivity contribution in [2.45, 2.75) is 43.4 Å². The van der Waals surface area contributed by atoms with Crippen LogP contribution in [0.1, 0.15) is 31.2 Å². The zero-order valence-electron chi connectivity index (χ0n) is 24.8. The number of phenols is 1. The third-order valence-electron chi connectivity index (χ3n) is 9.78. The van der Waals surface area contributed by atoms with Gasteiger partial charge in [0.1, 0.15) is 42.2 Å². The van der Waals surface area contributed by atoms with Gasteiger partial charge in [0.25, 0.3) is 0 Å². The maximum absolute atomic E-state index is 17.0. The molecule has 4 aliphatic heterocycles. The van der Waals surface area contributed by atoms with Crippen molar-refractivity contribution in [2.24, 2.45) is 0 Å². The maximum atomic E-state index is 17.0. The largest absolute Gasteiger partial charge is 0.508 e. The highest BCUT2D eigenvalue weighted by Crippen LogP contribution is 2.45. The number of fused-ring (bicyclic) bond motifs is 4. The van der Waals surface area contributed by atoms with Gasteiger partial charge < -0.3 is 24.8 Å². The van der Waals surface area contributed by atoms with Crippen molar-refractivity contribution in [1.29, 1.82) is 0 Å². The monoisotopic (exact) mass is 629 g/mol. The fourth-order valence-electron chi connectivity index (χ4n) is 7.73. The normalized spacial score (nSPS) is 24.1. The minimum Gasteiger partial charge on any atom is -0.508 e. The second kappa shape index (κ2) is 10.7. The first-order chi connectivity index (χ1) is 22.2. The molecule has 0 spiro atoms. The molecule has 4 aromatic rings. The summed E-state index contributed by atoms with van der Waals surface area (Å²) in [7, 11) is 0. The molecule has 0 unspecified atom stereocenters. The van der Waals surface area contributed by atoms with E-state index >= 15 is 4.39 Å². The number of carbonyl (C=O) groups excluding carboxylic acids is 1. The first-order valence-electron chi connectivity index (χ1n) is 15.4. The highest BCUT2D eigenvalue weighted by atomic mass is 19.1. The summed E-state index contributed by atoms with van der Waals surface area (Å²) >= 11 is 0. The van der Waals surface area contributed by atoms with Gasteiger partial charge in [-0.1, -0.05) is 12.0 Å². The number of nitrogens with one attached hydrogen (secondary N) is 1. The van der Waals surface area contributed by atoms with Gasteiger partial charge in [0, 0.05) is 43.1 Å². The van der Waals surface area contributed by atoms with E-state index in [1.54, 1.807) is 6.07 Å². The number of carbonyl (C=O) groups is 1. The van der Waals surface area contributed by atoms with E-state index in [4.69, 9.17) is 15.9 Å². The molecule has 0 bridgehead atoms. The lowest BCUT2D eigenvalue weighted by molar-refractivity contribution is -0.121. The van der Waals surface area contributed by atoms with Gasteiger partial charge in [0.15, 0.2) is 5.82 Å². The molecule has 3 saturated heterocycles. The first kappa shape index (κ1) is 28.7. The number of hydrogen-bond donors (Lipinski definition) is 2. The zero-order valence-corrected chi connectivity index (χ0v) is 24.8. The van der Waals surface area contributed by atoms with Gasteiger partial charge in [-0.15, -0.1) is 6.42 Å². The van der Waals surface area contributed by atoms with Crippen LogP contribution in [0.5, 0.6) is 17.5 Å². The summed E-state index contributed by atoms with van der Waals surface area (Å²) < 4.78 is 58.8. The molecule has 6 heterocycles. The van der Waals surface area contributed by atoms with E-state index in [-0.39, 0.29) is 70.8 Å². The number of aromatic nitrogens is 2. The Bertz CT molecular complexity index is 1980. The van der Waals surface area contributed by atoms with Crippen LogP contribution in [-0.2, 0) is 4.79 Å². The number of nitrogens with zero attached hydrogens (tertiary/aromatic N) is 4. The Labute approximate surface area is 262 Å². The number of pyridine rings is 2. The number of rotatable bonds is 4. The molecule has 0 saturated carbocycles. The van der Waals surface area contributed by atoms with Crippen molar-refractivity contribution in [3.05, 3.63) is 47.5 Å². The molecule has 8 rings (SSSR count). The standard InChI is InChI=1S/C34H30F3N5O4/c1-2-22-24(36)5-4-18-10-21(43)12-23(28(18)22)31-30(37)32-29-25(42-9-7-38-26(44)11-20(42)16-45-33(29)40-31)13-27(39-32)46-17-34-6-3-8-41(34)15-19(35)14-34/h1,4-5,10,12-13,19-20,43H,3,6-9,11,14-17H2,(H,38,44)/t19-,20+,34+/m1/s1. The Morgan fingerprint density at radius 2 is 2.07 bits per heavy atom. The van der Waals surface area contributed by atoms with E-state index in [1.807, 2.05) is 4.90 Å². The number of amides is 1. The molecule has 2 N–H and O–H groups in total. The quantitative estimate of drug-likeness (QED) is 0.320. The molecule has 3 atom stereocenters. The predicted octanol–water partition coefficient (Wildman–Crippen LogP) is 4.46. The fourth-order valence-corrected chi connectivity index (χ4v) is 7.73. The molecule has 236 valence electrons. The number of anilines is 1. The smallest absolute Gasteiger partial charge is 0.225 e. The van der Waals surface area contributed by atoms with E-state index < -0.39 is 29.4 Å². The molecule has 9 nitrogen and oxygen atoms in total. The summed E-state index contributed by atoms with van der Waals surface area (Å²) in [5, 5.41) is 14.4. The van der Waals surface area contributed by atoms with Gasteiger partial charge >= 0.3 is 0 Å². The second-order valence-electron chi connectivity index (χ2n) is 12.5. The highest BCUT2D eigenvalue weighted by molar-refractivity contribution is 6.05. The second-order valence-corrected chi connectivity index (χ2v) is 12.5. The van der Waals surface area contributed by atoms with Crippen LogP contribution < -0.4 is 19.7 Å². The van der Waals surface area contributed by atoms with Crippen LogP contribution in [0.25, 0.3) is 32.9 Å². The van der Waals surface area contributed by atoms with Gasteiger partial charge in [-0.25, -0.2) is 23.1 Å². The molecular formula is C34H30F3N5O4. The number of aromatic hydroxyl groups is 1. The summed E-state index contributed by atoms with van der Waals surface area (Å²) in [6.45, 7) is 2.19. The average molecular weight is 630 g/mol. The summed E-state index contributed by atoms with van der Waals surface area (Å²) in [4.78, 5) is 25.9. The van der Waals surface area contributed by atoms with E-state index in [1.165, 1.54) is 24.3 Å². The minimum absolute atomic E-state index is 0.0648. The van der Waals surface area contributed by atoms with Crippen molar-refractivity contribution in [2.75, 3.05) is 44.3 Å². The molecule has 46 heavy (non-hydrogen) atoms. The molecule has 2 aromatic carbocycles. The lowest BCUT2D eigenvalue weighted by Crippen LogP contribution is -2.43. The lowest BCUT2D eigenvalue weighted by atomic mass is 9.95. The average Bonchev–Trinajstić information content (AvgIpc) is 3.43. The van der Waals surface area contributed by atoms with Crippen LogP contribution in [0.2, 0.25) is 0 Å². The van der Waals surface area contributed by atoms with Crippen LogP contribution >= 0.6 is 0 Å². The van der Waals surface area contributed by atoms with Crippen molar-refractivity contribution >= 4 is 33.3 Å². The minimum atomic E-state index is -0.943. The number of benzene rings is 2. The van der Waals surface area contributed by atoms with Crippen molar-refractivity contribution < 1.29 is 32.5 Å². The zero-order chi connectivity index (χ0) is 31.7. The Balaban J connectivity index is 1.34. The van der Waals surface area contributed by atoms with Crippen molar-refractivity contribution in [3.8, 4) is 41.1 Å². The van der Waals surface area contributed by atoms with Crippen LogP contribution in [0.3, 0.4) is 0 Å². The highest BCUT2D eigenvalue weighted by Gasteiger charge is 2.49. The number of hydrogen-bond acceptors (Lipinski definition) is 8. The van der Waals surface area contributed by atoms with E-state index in [9.17, 15) is 18.7 Å². The van der Waals surface area contributed by atoms with Gasteiger partial charge in [-0.05, 0) is 43.0 Å². The lowest BCUT2D eigenvalue weighted by Gasteiger charge is -2.32. The van der Waals surface area contributed by atoms with Crippen LogP contribution in [-0.4, -0.2) is 83.0 Å². The number of phenolic OH excluding ortho intramolecular Hbond substituents is 1. The number of alkyl halides is 1. The molecule has 0 radical (unpaired) electrons. The Kier molecular flexibility index (Phi) is 6.65. The summed E-state index contributed by atoms with van der Waals surface area (Å²) in [5.41, 5.74) is -0.310. The molecular weight excluding hydrogens is 599 g/mol. The predicted molar refractivity (Wildman–Crippen MR) is 165 cm³/mol. The van der Waals surface area contributed by atoms with Gasteiger partial charge in [0.05, 0.1) is 34.6 Å². The third kappa shape index (κ3) is 4.47. The van der Waals surface area contributed by atoms with Crippen LogP contribution in [0, 0.1) is 24.0 Å². The van der Waals surface area contributed by atoms with Gasteiger partial charge in [0.2, 0.25) is 17.7 Å². The molecule has 2 aromatic heterocycles. The van der Waals surface area contributed by atoms with E-state index in [2.05, 4.69) is 26.1 Å². The Morgan fingerprint density at radius 1 is 1.20 bits per heavy atom. The third-order valence-corrected chi connectivity index (χ3v) is 9.78.